The number of nitrogens with zero attached hydrogens (tertiary/aromatic N) is 5. The Morgan fingerprint density at radius 2 is 1.87 bits per heavy atom. The van der Waals surface area contributed by atoms with Crippen LogP contribution in [0, 0.1) is 6.92 Å². The van der Waals surface area contributed by atoms with Crippen molar-refractivity contribution in [3.05, 3.63) is 65.7 Å². The monoisotopic (exact) mass is 425 g/mol. The molecule has 0 spiro atoms. The van der Waals surface area contributed by atoms with Crippen molar-refractivity contribution in [2.24, 2.45) is 0 Å². The van der Waals surface area contributed by atoms with E-state index < -0.39 is 9.84 Å². The van der Waals surface area contributed by atoms with Crippen LogP contribution in [-0.2, 0) is 27.7 Å². The average molecular weight is 426 g/mol. The first-order chi connectivity index (χ1) is 14.4. The van der Waals surface area contributed by atoms with Gasteiger partial charge in [0.2, 0.25) is 11.7 Å². The van der Waals surface area contributed by atoms with Gasteiger partial charge < -0.3 is 4.90 Å². The van der Waals surface area contributed by atoms with E-state index in [2.05, 4.69) is 15.4 Å². The number of aromatic nitrogens is 4. The zero-order valence-corrected chi connectivity index (χ0v) is 17.5. The van der Waals surface area contributed by atoms with E-state index in [9.17, 15) is 13.2 Å². The zero-order valence-electron chi connectivity index (χ0n) is 16.7. The van der Waals surface area contributed by atoms with Crippen LogP contribution in [0.2, 0.25) is 0 Å². The van der Waals surface area contributed by atoms with Crippen LogP contribution in [0.4, 0.5) is 0 Å². The van der Waals surface area contributed by atoms with Crippen LogP contribution in [0.1, 0.15) is 17.5 Å². The van der Waals surface area contributed by atoms with Crippen LogP contribution in [-0.4, -0.2) is 57.0 Å². The van der Waals surface area contributed by atoms with Gasteiger partial charge in [-0.05, 0) is 29.7 Å². The Balaban J connectivity index is 1.54. The average Bonchev–Trinajstić information content (AvgIpc) is 3.33. The first-order valence-corrected chi connectivity index (χ1v) is 11.6. The van der Waals surface area contributed by atoms with Gasteiger partial charge in [0, 0.05) is 18.2 Å². The summed E-state index contributed by atoms with van der Waals surface area (Å²) < 4.78 is 24.0. The summed E-state index contributed by atoms with van der Waals surface area (Å²) in [6.45, 7) is 2.21. The number of hydrogen-bond donors (Lipinski definition) is 0. The van der Waals surface area contributed by atoms with E-state index in [1.165, 1.54) is 4.80 Å². The van der Waals surface area contributed by atoms with Crippen molar-refractivity contribution in [1.29, 1.82) is 0 Å². The van der Waals surface area contributed by atoms with Crippen LogP contribution in [0.5, 0.6) is 0 Å². The molecule has 4 rings (SSSR count). The summed E-state index contributed by atoms with van der Waals surface area (Å²) in [5, 5.41) is 12.5. The Bertz CT molecular complexity index is 1140. The van der Waals surface area contributed by atoms with E-state index in [1.54, 1.807) is 4.90 Å². The Kier molecular flexibility index (Phi) is 5.63. The fraction of sp³-hybridized carbons (Fsp3) is 0.333. The summed E-state index contributed by atoms with van der Waals surface area (Å²) in [6.07, 6.45) is 0.445. The number of tetrazole rings is 1. The van der Waals surface area contributed by atoms with Gasteiger partial charge in [-0.15, -0.1) is 10.2 Å². The van der Waals surface area contributed by atoms with Gasteiger partial charge in [0.1, 0.15) is 6.54 Å². The van der Waals surface area contributed by atoms with Gasteiger partial charge in [-0.2, -0.15) is 4.80 Å². The topological polar surface area (TPSA) is 98.0 Å². The van der Waals surface area contributed by atoms with Gasteiger partial charge in [-0.3, -0.25) is 4.79 Å². The van der Waals surface area contributed by atoms with E-state index in [1.807, 2.05) is 61.5 Å². The molecule has 2 aromatic carbocycles. The molecule has 1 aromatic heterocycles. The molecule has 0 saturated carbocycles. The van der Waals surface area contributed by atoms with Crippen molar-refractivity contribution in [3.8, 4) is 11.4 Å². The van der Waals surface area contributed by atoms with Crippen LogP contribution in [0.15, 0.2) is 54.6 Å². The molecule has 1 aliphatic heterocycles. The van der Waals surface area contributed by atoms with Gasteiger partial charge in [0.25, 0.3) is 0 Å². The molecular weight excluding hydrogens is 402 g/mol. The molecule has 156 valence electrons. The fourth-order valence-corrected chi connectivity index (χ4v) is 5.41. The zero-order chi connectivity index (χ0) is 21.1. The summed E-state index contributed by atoms with van der Waals surface area (Å²) in [4.78, 5) is 16.0. The van der Waals surface area contributed by atoms with E-state index in [0.29, 0.717) is 18.8 Å². The lowest BCUT2D eigenvalue weighted by Crippen LogP contribution is -2.42. The first-order valence-electron chi connectivity index (χ1n) is 9.79. The van der Waals surface area contributed by atoms with E-state index in [0.717, 1.165) is 16.7 Å². The Hall–Kier alpha value is -3.07. The lowest BCUT2D eigenvalue weighted by Gasteiger charge is -2.28. The molecule has 1 unspecified atom stereocenters. The quantitative estimate of drug-likeness (QED) is 0.598. The minimum Gasteiger partial charge on any atom is -0.333 e. The number of amides is 1. The number of rotatable bonds is 6. The highest BCUT2D eigenvalue weighted by atomic mass is 32.2. The van der Waals surface area contributed by atoms with Gasteiger partial charge in [0.15, 0.2) is 9.84 Å². The minimum absolute atomic E-state index is 0.00911. The van der Waals surface area contributed by atoms with Crippen molar-refractivity contribution in [1.82, 2.24) is 25.1 Å². The summed E-state index contributed by atoms with van der Waals surface area (Å²) in [5.74, 6) is 0.328. The van der Waals surface area contributed by atoms with Crippen molar-refractivity contribution < 1.29 is 13.2 Å². The van der Waals surface area contributed by atoms with Crippen molar-refractivity contribution in [2.75, 3.05) is 11.5 Å². The highest BCUT2D eigenvalue weighted by Crippen LogP contribution is 2.21. The molecule has 2 heterocycles. The van der Waals surface area contributed by atoms with Gasteiger partial charge >= 0.3 is 0 Å². The molecule has 0 aliphatic carbocycles. The standard InChI is InChI=1S/C21H23N5O3S/c1-16-7-5-6-10-19(16)21-22-24-26(23-21)14-20(27)25(13-17-8-3-2-4-9-17)18-11-12-30(28,29)15-18/h2-10,18H,11-15H2,1H3. The number of hydrogen-bond acceptors (Lipinski definition) is 6. The second-order valence-corrected chi connectivity index (χ2v) is 9.75. The summed E-state index contributed by atoms with van der Waals surface area (Å²) in [5.41, 5.74) is 2.83. The third-order valence-electron chi connectivity index (χ3n) is 5.28. The van der Waals surface area contributed by atoms with Gasteiger partial charge in [-0.25, -0.2) is 8.42 Å². The lowest BCUT2D eigenvalue weighted by molar-refractivity contribution is -0.134. The molecule has 1 saturated heterocycles. The molecule has 3 aromatic rings. The van der Waals surface area contributed by atoms with Gasteiger partial charge in [0.05, 0.1) is 11.5 Å². The molecule has 1 atom stereocenters. The SMILES string of the molecule is Cc1ccccc1-c1nnn(CC(=O)N(Cc2ccccc2)C2CCS(=O)(=O)C2)n1. The van der Waals surface area contributed by atoms with E-state index in [4.69, 9.17) is 0 Å². The predicted molar refractivity (Wildman–Crippen MR) is 112 cm³/mol. The second kappa shape index (κ2) is 8.35. The molecule has 0 radical (unpaired) electrons. The maximum atomic E-state index is 13.1. The lowest BCUT2D eigenvalue weighted by atomic mass is 10.1. The van der Waals surface area contributed by atoms with Crippen molar-refractivity contribution >= 4 is 15.7 Å². The Labute approximate surface area is 175 Å². The summed E-state index contributed by atoms with van der Waals surface area (Å²) in [6, 6.07) is 16.9. The molecule has 1 fully saturated rings. The fourth-order valence-electron chi connectivity index (χ4n) is 3.68. The van der Waals surface area contributed by atoms with Crippen LogP contribution in [0.25, 0.3) is 11.4 Å². The highest BCUT2D eigenvalue weighted by molar-refractivity contribution is 7.91. The predicted octanol–water partition coefficient (Wildman–Crippen LogP) is 1.86. The van der Waals surface area contributed by atoms with Crippen LogP contribution >= 0.6 is 0 Å². The molecule has 8 nitrogen and oxygen atoms in total. The van der Waals surface area contributed by atoms with Crippen LogP contribution < -0.4 is 0 Å². The number of sulfone groups is 1. The smallest absolute Gasteiger partial charge is 0.246 e. The Morgan fingerprint density at radius 1 is 1.13 bits per heavy atom. The molecule has 0 bridgehead atoms. The molecular formula is C21H23N5O3S. The van der Waals surface area contributed by atoms with Crippen molar-refractivity contribution in [3.63, 3.8) is 0 Å². The Morgan fingerprint density at radius 3 is 2.57 bits per heavy atom. The van der Waals surface area contributed by atoms with Crippen LogP contribution in [0.3, 0.4) is 0 Å². The minimum atomic E-state index is -3.12. The first kappa shape index (κ1) is 20.2. The maximum Gasteiger partial charge on any atom is 0.246 e. The second-order valence-electron chi connectivity index (χ2n) is 7.52. The van der Waals surface area contributed by atoms with E-state index >= 15 is 0 Å². The molecule has 1 amide bonds. The third-order valence-corrected chi connectivity index (χ3v) is 7.03. The van der Waals surface area contributed by atoms with Gasteiger partial charge in [-0.1, -0.05) is 54.6 Å². The molecule has 0 N–H and O–H groups in total. The number of benzene rings is 2. The summed E-state index contributed by atoms with van der Waals surface area (Å²) >= 11 is 0. The molecule has 9 heteroatoms. The normalized spacial score (nSPS) is 17.7. The largest absolute Gasteiger partial charge is 0.333 e. The number of aryl methyl sites for hydroxylation is 1. The number of carbonyl (C=O) groups excluding carboxylic acids is 1. The maximum absolute atomic E-state index is 13.1. The third kappa shape index (κ3) is 4.56. The van der Waals surface area contributed by atoms with Crippen molar-refractivity contribution in [2.45, 2.75) is 32.5 Å². The molecule has 30 heavy (non-hydrogen) atoms. The van der Waals surface area contributed by atoms with E-state index in [-0.39, 0.29) is 30.0 Å². The highest BCUT2D eigenvalue weighted by Gasteiger charge is 2.35. The molecule has 1 aliphatic rings. The number of carbonyl (C=O) groups is 1. The summed E-state index contributed by atoms with van der Waals surface area (Å²) in [7, 11) is -3.12.